The van der Waals surface area contributed by atoms with E-state index >= 15 is 0 Å². The molecule has 8 heteroatoms. The molecule has 1 aliphatic carbocycles. The van der Waals surface area contributed by atoms with Crippen LogP contribution >= 0.6 is 0 Å². The van der Waals surface area contributed by atoms with Gasteiger partial charge in [-0.25, -0.2) is 9.97 Å². The van der Waals surface area contributed by atoms with Crippen LogP contribution in [-0.2, 0) is 0 Å². The van der Waals surface area contributed by atoms with Crippen molar-refractivity contribution in [2.24, 2.45) is 11.8 Å². The van der Waals surface area contributed by atoms with E-state index in [2.05, 4.69) is 20.3 Å². The number of hydrogen-bond acceptors (Lipinski definition) is 7. The lowest BCUT2D eigenvalue weighted by molar-refractivity contribution is 0.0715. The van der Waals surface area contributed by atoms with Gasteiger partial charge in [0.25, 0.3) is 11.9 Å². The molecule has 1 N–H and O–H groups in total. The van der Waals surface area contributed by atoms with Gasteiger partial charge in [-0.15, -0.1) is 0 Å². The molecule has 2 fully saturated rings. The quantitative estimate of drug-likeness (QED) is 0.466. The van der Waals surface area contributed by atoms with E-state index in [-0.39, 0.29) is 11.9 Å². The third-order valence-corrected chi connectivity index (χ3v) is 6.85. The first-order valence-electron chi connectivity index (χ1n) is 11.5. The van der Waals surface area contributed by atoms with Crippen molar-refractivity contribution in [1.29, 1.82) is 0 Å². The van der Waals surface area contributed by atoms with Crippen LogP contribution in [0.5, 0.6) is 6.01 Å². The number of nitrogens with zero attached hydrogens (tertiary/aromatic N) is 4. The number of ether oxygens (including phenoxy) is 1. The Morgan fingerprint density at radius 1 is 1.21 bits per heavy atom. The number of piperidine rings is 1. The second kappa shape index (κ2) is 8.13. The van der Waals surface area contributed by atoms with E-state index < -0.39 is 0 Å². The number of amides is 1. The Labute approximate surface area is 197 Å². The summed E-state index contributed by atoms with van der Waals surface area (Å²) in [5, 5.41) is 3.33. The van der Waals surface area contributed by atoms with Gasteiger partial charge in [0.2, 0.25) is 0 Å². The topological polar surface area (TPSA) is 93.4 Å². The molecule has 3 heterocycles. The summed E-state index contributed by atoms with van der Waals surface area (Å²) in [6.45, 7) is 3.38. The summed E-state index contributed by atoms with van der Waals surface area (Å²) in [6, 6.07) is 14.5. The van der Waals surface area contributed by atoms with Gasteiger partial charge in [-0.3, -0.25) is 4.79 Å². The van der Waals surface area contributed by atoms with Gasteiger partial charge in [-0.2, -0.15) is 4.98 Å². The van der Waals surface area contributed by atoms with Gasteiger partial charge in [-0.05, 0) is 48.9 Å². The van der Waals surface area contributed by atoms with Crippen LogP contribution in [0.15, 0.2) is 59.3 Å². The molecule has 2 aliphatic rings. The molecule has 2 aromatic carbocycles. The minimum atomic E-state index is 0.0334. The summed E-state index contributed by atoms with van der Waals surface area (Å²) in [4.78, 5) is 28.8. The summed E-state index contributed by atoms with van der Waals surface area (Å²) in [5.74, 6) is 1.11. The lowest BCUT2D eigenvalue weighted by atomic mass is 9.98. The Bertz CT molecular complexity index is 1330. The highest BCUT2D eigenvalue weighted by Gasteiger charge is 2.54. The fourth-order valence-electron chi connectivity index (χ4n) is 5.01. The molecule has 2 aromatic heterocycles. The van der Waals surface area contributed by atoms with E-state index in [1.165, 1.54) is 7.11 Å². The summed E-state index contributed by atoms with van der Waals surface area (Å²) in [6.07, 6.45) is 4.55. The normalized spacial score (nSPS) is 20.9. The third kappa shape index (κ3) is 3.65. The number of rotatable bonds is 6. The SMILES string of the molecule is COc1ncc(-c2ccc(C)cc2C(=O)N2CC3CC3C2CNc2nc3ccccc3o2)cn1. The Kier molecular flexibility index (Phi) is 4.94. The average molecular weight is 456 g/mol. The van der Waals surface area contributed by atoms with Crippen molar-refractivity contribution < 1.29 is 13.9 Å². The van der Waals surface area contributed by atoms with Gasteiger partial charge in [0.05, 0.1) is 13.2 Å². The predicted molar refractivity (Wildman–Crippen MR) is 128 cm³/mol. The van der Waals surface area contributed by atoms with E-state index in [4.69, 9.17) is 9.15 Å². The third-order valence-electron chi connectivity index (χ3n) is 6.85. The second-order valence-corrected chi connectivity index (χ2v) is 9.06. The van der Waals surface area contributed by atoms with Crippen LogP contribution in [0, 0.1) is 18.8 Å². The lowest BCUT2D eigenvalue weighted by Gasteiger charge is -2.28. The first kappa shape index (κ1) is 20.7. The number of hydrogen-bond donors (Lipinski definition) is 1. The number of carbonyl (C=O) groups is 1. The second-order valence-electron chi connectivity index (χ2n) is 9.06. The van der Waals surface area contributed by atoms with Gasteiger partial charge < -0.3 is 19.4 Å². The van der Waals surface area contributed by atoms with Crippen molar-refractivity contribution in [3.63, 3.8) is 0 Å². The largest absolute Gasteiger partial charge is 0.467 e. The standard InChI is InChI=1S/C26H25N5O3/c1-15-7-8-18(17-11-27-25(33-2)28-12-17)20(9-15)24(32)31-14-16-10-19(16)22(31)13-29-26-30-21-5-3-4-6-23(21)34-26/h3-9,11-12,16,19,22H,10,13-14H2,1-2H3,(H,29,30). The molecule has 0 bridgehead atoms. The molecule has 1 aliphatic heterocycles. The van der Waals surface area contributed by atoms with Crippen molar-refractivity contribution in [2.75, 3.05) is 25.5 Å². The Balaban J connectivity index is 1.26. The zero-order valence-corrected chi connectivity index (χ0v) is 19.1. The van der Waals surface area contributed by atoms with Crippen LogP contribution in [0.1, 0.15) is 22.3 Å². The maximum Gasteiger partial charge on any atom is 0.316 e. The van der Waals surface area contributed by atoms with E-state index in [9.17, 15) is 4.79 Å². The maximum atomic E-state index is 13.8. The van der Waals surface area contributed by atoms with E-state index in [0.717, 1.165) is 40.8 Å². The highest BCUT2D eigenvalue weighted by molar-refractivity contribution is 6.01. The van der Waals surface area contributed by atoms with Crippen LogP contribution in [0.4, 0.5) is 6.01 Å². The van der Waals surface area contributed by atoms with E-state index in [1.807, 2.05) is 54.3 Å². The highest BCUT2D eigenvalue weighted by Crippen LogP contribution is 2.50. The number of likely N-dealkylation sites (tertiary alicyclic amines) is 1. The zero-order valence-electron chi connectivity index (χ0n) is 19.1. The fourth-order valence-corrected chi connectivity index (χ4v) is 5.01. The van der Waals surface area contributed by atoms with Gasteiger partial charge >= 0.3 is 6.01 Å². The maximum absolute atomic E-state index is 13.8. The van der Waals surface area contributed by atoms with E-state index in [1.54, 1.807) is 12.4 Å². The van der Waals surface area contributed by atoms with Crippen molar-refractivity contribution in [3.05, 3.63) is 66.0 Å². The van der Waals surface area contributed by atoms with Crippen molar-refractivity contribution in [2.45, 2.75) is 19.4 Å². The van der Waals surface area contributed by atoms with Gasteiger partial charge in [0.1, 0.15) is 5.52 Å². The fraction of sp³-hybridized carbons (Fsp3) is 0.308. The van der Waals surface area contributed by atoms with Gasteiger partial charge in [-0.1, -0.05) is 29.8 Å². The molecular formula is C26H25N5O3. The molecule has 3 unspecified atom stereocenters. The number of para-hydroxylation sites is 2. The van der Waals surface area contributed by atoms with Gasteiger partial charge in [0.15, 0.2) is 5.58 Å². The molecule has 1 saturated carbocycles. The number of anilines is 1. The average Bonchev–Trinajstić information content (AvgIpc) is 3.35. The summed E-state index contributed by atoms with van der Waals surface area (Å²) < 4.78 is 10.9. The summed E-state index contributed by atoms with van der Waals surface area (Å²) in [5.41, 5.74) is 4.88. The minimum Gasteiger partial charge on any atom is -0.467 e. The highest BCUT2D eigenvalue weighted by atomic mass is 16.5. The number of benzene rings is 2. The number of methoxy groups -OCH3 is 1. The molecular weight excluding hydrogens is 430 g/mol. The molecule has 1 saturated heterocycles. The van der Waals surface area contributed by atoms with Gasteiger partial charge in [0, 0.05) is 36.6 Å². The van der Waals surface area contributed by atoms with Crippen LogP contribution in [0.3, 0.4) is 0 Å². The van der Waals surface area contributed by atoms with Crippen LogP contribution in [0.2, 0.25) is 0 Å². The van der Waals surface area contributed by atoms with E-state index in [0.29, 0.717) is 36.0 Å². The lowest BCUT2D eigenvalue weighted by Crippen LogP contribution is -2.42. The smallest absolute Gasteiger partial charge is 0.316 e. The zero-order chi connectivity index (χ0) is 23.2. The minimum absolute atomic E-state index is 0.0334. The number of nitrogens with one attached hydrogen (secondary N) is 1. The molecule has 34 heavy (non-hydrogen) atoms. The molecule has 172 valence electrons. The summed E-state index contributed by atoms with van der Waals surface area (Å²) >= 11 is 0. The molecule has 0 spiro atoms. The number of aryl methyl sites for hydroxylation is 1. The van der Waals surface area contributed by atoms with Crippen molar-refractivity contribution >= 4 is 23.0 Å². The first-order valence-corrected chi connectivity index (χ1v) is 11.5. The Morgan fingerprint density at radius 3 is 2.82 bits per heavy atom. The first-order chi connectivity index (χ1) is 16.6. The molecule has 6 rings (SSSR count). The molecule has 1 amide bonds. The Morgan fingerprint density at radius 2 is 2.03 bits per heavy atom. The number of oxazole rings is 1. The number of carbonyl (C=O) groups excluding carboxylic acids is 1. The van der Waals surface area contributed by atoms with Crippen molar-refractivity contribution in [1.82, 2.24) is 19.9 Å². The molecule has 0 radical (unpaired) electrons. The number of aromatic nitrogens is 3. The molecule has 8 nitrogen and oxygen atoms in total. The number of fused-ring (bicyclic) bond motifs is 2. The summed E-state index contributed by atoms with van der Waals surface area (Å²) in [7, 11) is 1.53. The van der Waals surface area contributed by atoms with Crippen LogP contribution in [0.25, 0.3) is 22.2 Å². The monoisotopic (exact) mass is 455 g/mol. The predicted octanol–water partition coefficient (Wildman–Crippen LogP) is 4.17. The van der Waals surface area contributed by atoms with Crippen molar-refractivity contribution in [3.8, 4) is 17.1 Å². The molecule has 4 aromatic rings. The van der Waals surface area contributed by atoms with Crippen LogP contribution < -0.4 is 10.1 Å². The van der Waals surface area contributed by atoms with Crippen LogP contribution in [-0.4, -0.2) is 52.0 Å². The Hall–Kier alpha value is -3.94. The molecule has 3 atom stereocenters.